The molecular weight excluding hydrogens is 310 g/mol. The minimum atomic E-state index is -0.620. The summed E-state index contributed by atoms with van der Waals surface area (Å²) in [6.07, 6.45) is 5.81. The zero-order chi connectivity index (χ0) is 17.6. The van der Waals surface area contributed by atoms with Gasteiger partial charge in [0.2, 0.25) is 0 Å². The summed E-state index contributed by atoms with van der Waals surface area (Å²) in [5, 5.41) is 0.150. The second kappa shape index (κ2) is 8.88. The van der Waals surface area contributed by atoms with Crippen LogP contribution in [0.2, 0.25) is 0 Å². The highest BCUT2D eigenvalue weighted by Crippen LogP contribution is 2.42. The van der Waals surface area contributed by atoms with Crippen molar-refractivity contribution in [2.24, 2.45) is 23.0 Å². The Morgan fingerprint density at radius 2 is 2.09 bits per heavy atom. The average molecular weight is 342 g/mol. The quantitative estimate of drug-likeness (QED) is 0.542. The van der Waals surface area contributed by atoms with Crippen LogP contribution >= 0.6 is 11.8 Å². The molecule has 0 aliphatic heterocycles. The molecule has 0 saturated heterocycles. The summed E-state index contributed by atoms with van der Waals surface area (Å²) in [6, 6.07) is -0.620. The van der Waals surface area contributed by atoms with E-state index < -0.39 is 6.04 Å². The van der Waals surface area contributed by atoms with E-state index in [1.807, 2.05) is 6.92 Å². The summed E-state index contributed by atoms with van der Waals surface area (Å²) < 4.78 is 4.90. The Bertz CT molecular complexity index is 448. The molecule has 0 amide bonds. The van der Waals surface area contributed by atoms with Crippen molar-refractivity contribution in [3.8, 4) is 0 Å². The summed E-state index contributed by atoms with van der Waals surface area (Å²) in [5.41, 5.74) is 5.81. The van der Waals surface area contributed by atoms with E-state index in [0.717, 1.165) is 6.42 Å². The summed E-state index contributed by atoms with van der Waals surface area (Å²) in [4.78, 5) is 24.3. The van der Waals surface area contributed by atoms with Gasteiger partial charge in [0.15, 0.2) is 0 Å². The second-order valence-corrected chi connectivity index (χ2v) is 8.60. The normalized spacial score (nSPS) is 25.7. The lowest BCUT2D eigenvalue weighted by atomic mass is 9.65. The number of nitrogens with two attached hydrogens (primary N) is 1. The Kier molecular flexibility index (Phi) is 7.81. The number of ketones is 1. The minimum absolute atomic E-state index is 0.0109. The SMILES string of the molecule is CCOC(=O)[C@@H](N)CSC(C)CC(=O)C1C(C)C=CCC1(C)C. The minimum Gasteiger partial charge on any atom is -0.465 e. The number of ether oxygens (including phenoxy) is 1. The Hall–Kier alpha value is -0.810. The molecule has 1 aliphatic rings. The van der Waals surface area contributed by atoms with E-state index >= 15 is 0 Å². The van der Waals surface area contributed by atoms with Crippen LogP contribution in [0.25, 0.3) is 0 Å². The van der Waals surface area contributed by atoms with Crippen LogP contribution in [0.5, 0.6) is 0 Å². The van der Waals surface area contributed by atoms with Crippen LogP contribution in [0, 0.1) is 17.3 Å². The first kappa shape index (κ1) is 20.2. The van der Waals surface area contributed by atoms with Gasteiger partial charge in [-0.2, -0.15) is 11.8 Å². The maximum absolute atomic E-state index is 12.7. The summed E-state index contributed by atoms with van der Waals surface area (Å²) in [5.74, 6) is 0.776. The van der Waals surface area contributed by atoms with E-state index in [-0.39, 0.29) is 28.5 Å². The fourth-order valence-corrected chi connectivity index (χ4v) is 4.27. The van der Waals surface area contributed by atoms with Crippen LogP contribution in [-0.4, -0.2) is 35.4 Å². The number of carbonyl (C=O) groups is 2. The van der Waals surface area contributed by atoms with E-state index in [9.17, 15) is 9.59 Å². The topological polar surface area (TPSA) is 69.4 Å². The van der Waals surface area contributed by atoms with Gasteiger partial charge < -0.3 is 10.5 Å². The Labute approximate surface area is 144 Å². The van der Waals surface area contributed by atoms with Crippen LogP contribution in [0.15, 0.2) is 12.2 Å². The molecule has 0 aromatic rings. The van der Waals surface area contributed by atoms with Crippen LogP contribution in [0.3, 0.4) is 0 Å². The highest BCUT2D eigenvalue weighted by Gasteiger charge is 2.39. The lowest BCUT2D eigenvalue weighted by molar-refractivity contribution is -0.144. The van der Waals surface area contributed by atoms with Crippen molar-refractivity contribution >= 4 is 23.5 Å². The van der Waals surface area contributed by atoms with Gasteiger partial charge in [0.25, 0.3) is 0 Å². The molecule has 4 nitrogen and oxygen atoms in total. The third-order valence-corrected chi connectivity index (χ3v) is 5.72. The van der Waals surface area contributed by atoms with Gasteiger partial charge in [-0.1, -0.05) is 39.8 Å². The van der Waals surface area contributed by atoms with E-state index in [4.69, 9.17) is 10.5 Å². The van der Waals surface area contributed by atoms with E-state index in [0.29, 0.717) is 24.6 Å². The Balaban J connectivity index is 2.50. The predicted octanol–water partition coefficient (Wildman–Crippen LogP) is 3.20. The van der Waals surface area contributed by atoms with Gasteiger partial charge in [-0.05, 0) is 24.7 Å². The van der Waals surface area contributed by atoms with Crippen LogP contribution in [0.4, 0.5) is 0 Å². The van der Waals surface area contributed by atoms with Crippen LogP contribution in [-0.2, 0) is 14.3 Å². The highest BCUT2D eigenvalue weighted by atomic mass is 32.2. The molecule has 0 fully saturated rings. The molecule has 0 radical (unpaired) electrons. The number of thioether (sulfide) groups is 1. The molecule has 23 heavy (non-hydrogen) atoms. The fraction of sp³-hybridized carbons (Fsp3) is 0.778. The standard InChI is InChI=1S/C18H31NO3S/c1-6-22-17(21)14(19)11-23-13(3)10-15(20)16-12(2)8-7-9-18(16,4)5/h7-8,12-14,16H,6,9-11,19H2,1-5H3/t12?,13?,14-,16?/m0/s1. The molecule has 1 aliphatic carbocycles. The molecule has 132 valence electrons. The highest BCUT2D eigenvalue weighted by molar-refractivity contribution is 7.99. The van der Waals surface area contributed by atoms with Gasteiger partial charge in [0.1, 0.15) is 11.8 Å². The van der Waals surface area contributed by atoms with Gasteiger partial charge in [0.05, 0.1) is 6.61 Å². The summed E-state index contributed by atoms with van der Waals surface area (Å²) in [7, 11) is 0. The largest absolute Gasteiger partial charge is 0.465 e. The van der Waals surface area contributed by atoms with Crippen LogP contribution in [0.1, 0.15) is 47.5 Å². The molecule has 5 heteroatoms. The van der Waals surface area contributed by atoms with E-state index in [2.05, 4.69) is 32.9 Å². The Morgan fingerprint density at radius 1 is 1.43 bits per heavy atom. The zero-order valence-corrected chi connectivity index (χ0v) is 15.8. The van der Waals surface area contributed by atoms with Crippen molar-refractivity contribution in [2.75, 3.05) is 12.4 Å². The second-order valence-electron chi connectivity index (χ2n) is 7.13. The average Bonchev–Trinajstić information content (AvgIpc) is 2.43. The summed E-state index contributed by atoms with van der Waals surface area (Å²) >= 11 is 1.57. The molecule has 0 bridgehead atoms. The molecule has 2 N–H and O–H groups in total. The molecule has 3 unspecified atom stereocenters. The van der Waals surface area contributed by atoms with Crippen molar-refractivity contribution < 1.29 is 14.3 Å². The number of allylic oxidation sites excluding steroid dienone is 2. The number of carbonyl (C=O) groups excluding carboxylic acids is 2. The van der Waals surface area contributed by atoms with Gasteiger partial charge in [-0.25, -0.2) is 0 Å². The first-order chi connectivity index (χ1) is 10.7. The third-order valence-electron chi connectivity index (χ3n) is 4.44. The van der Waals surface area contributed by atoms with Crippen molar-refractivity contribution in [1.29, 1.82) is 0 Å². The van der Waals surface area contributed by atoms with Gasteiger partial charge in [0, 0.05) is 23.3 Å². The molecule has 0 aromatic heterocycles. The smallest absolute Gasteiger partial charge is 0.323 e. The molecule has 0 aromatic carbocycles. The molecular formula is C18H31NO3S. The van der Waals surface area contributed by atoms with Gasteiger partial charge >= 0.3 is 5.97 Å². The number of Topliss-reactive ketones (excluding diaryl/α,β-unsaturated/α-hetero) is 1. The lowest BCUT2D eigenvalue weighted by Crippen LogP contribution is -2.38. The van der Waals surface area contributed by atoms with Gasteiger partial charge in [-0.15, -0.1) is 0 Å². The molecule has 0 heterocycles. The first-order valence-corrected chi connectivity index (χ1v) is 9.47. The fourth-order valence-electron chi connectivity index (χ4n) is 3.32. The van der Waals surface area contributed by atoms with E-state index in [1.165, 1.54) is 0 Å². The molecule has 0 spiro atoms. The number of rotatable bonds is 8. The molecule has 1 rings (SSSR count). The first-order valence-electron chi connectivity index (χ1n) is 8.42. The number of hydrogen-bond donors (Lipinski definition) is 1. The van der Waals surface area contributed by atoms with Gasteiger partial charge in [-0.3, -0.25) is 9.59 Å². The van der Waals surface area contributed by atoms with Crippen molar-refractivity contribution in [3.05, 3.63) is 12.2 Å². The predicted molar refractivity (Wildman–Crippen MR) is 96.3 cm³/mol. The third kappa shape index (κ3) is 5.96. The Morgan fingerprint density at radius 3 is 2.65 bits per heavy atom. The van der Waals surface area contributed by atoms with Crippen LogP contribution < -0.4 is 5.73 Å². The molecule has 0 saturated carbocycles. The maximum atomic E-state index is 12.7. The summed E-state index contributed by atoms with van der Waals surface area (Å²) in [6.45, 7) is 10.6. The monoisotopic (exact) mass is 341 g/mol. The van der Waals surface area contributed by atoms with Crippen molar-refractivity contribution in [2.45, 2.75) is 58.8 Å². The molecule has 4 atom stereocenters. The van der Waals surface area contributed by atoms with Crippen molar-refractivity contribution in [1.82, 2.24) is 0 Å². The van der Waals surface area contributed by atoms with E-state index in [1.54, 1.807) is 18.7 Å². The number of hydrogen-bond acceptors (Lipinski definition) is 5. The number of esters is 1. The van der Waals surface area contributed by atoms with Crippen molar-refractivity contribution in [3.63, 3.8) is 0 Å². The zero-order valence-electron chi connectivity index (χ0n) is 15.0. The lowest BCUT2D eigenvalue weighted by Gasteiger charge is -2.39. The maximum Gasteiger partial charge on any atom is 0.323 e.